The van der Waals surface area contributed by atoms with Crippen molar-refractivity contribution in [2.45, 2.75) is 31.5 Å². The second kappa shape index (κ2) is 11.6. The van der Waals surface area contributed by atoms with Crippen LogP contribution in [0.15, 0.2) is 91.0 Å². The van der Waals surface area contributed by atoms with Gasteiger partial charge in [0.05, 0.1) is 19.2 Å². The first-order valence-electron chi connectivity index (χ1n) is 12.9. The Morgan fingerprint density at radius 2 is 1.34 bits per heavy atom. The molecule has 7 nitrogen and oxygen atoms in total. The smallest absolute Gasteiger partial charge is 0.328 e. The van der Waals surface area contributed by atoms with Crippen LogP contribution in [0.25, 0.3) is 0 Å². The van der Waals surface area contributed by atoms with E-state index >= 15 is 0 Å². The number of likely N-dealkylation sites (N-methyl/N-ethyl adjacent to an activating group) is 1. The lowest BCUT2D eigenvalue weighted by Gasteiger charge is -2.38. The summed E-state index contributed by atoms with van der Waals surface area (Å²) in [4.78, 5) is 42.0. The number of rotatable bonds is 10. The number of hydrogen-bond donors (Lipinski definition) is 1. The van der Waals surface area contributed by atoms with E-state index in [1.807, 2.05) is 68.4 Å². The van der Waals surface area contributed by atoms with E-state index < -0.39 is 29.5 Å². The maximum atomic E-state index is 13.6. The van der Waals surface area contributed by atoms with Gasteiger partial charge in [0.1, 0.15) is 12.1 Å². The van der Waals surface area contributed by atoms with Crippen molar-refractivity contribution >= 4 is 17.8 Å². The molecule has 1 fully saturated rings. The highest BCUT2D eigenvalue weighted by Crippen LogP contribution is 2.48. The van der Waals surface area contributed by atoms with Gasteiger partial charge in [0.2, 0.25) is 11.8 Å². The molecule has 4 rings (SSSR count). The molecule has 38 heavy (non-hydrogen) atoms. The molecule has 1 aliphatic heterocycles. The van der Waals surface area contributed by atoms with Crippen molar-refractivity contribution in [1.82, 2.24) is 15.1 Å². The van der Waals surface area contributed by atoms with E-state index in [0.717, 1.165) is 16.7 Å². The molecule has 1 N–H and O–H groups in total. The van der Waals surface area contributed by atoms with Crippen molar-refractivity contribution in [2.24, 2.45) is 5.92 Å². The Bertz CT molecular complexity index is 1150. The highest BCUT2D eigenvalue weighted by atomic mass is 16.5. The van der Waals surface area contributed by atoms with Gasteiger partial charge in [-0.3, -0.25) is 14.5 Å². The maximum Gasteiger partial charge on any atom is 0.328 e. The van der Waals surface area contributed by atoms with Crippen molar-refractivity contribution in [3.63, 3.8) is 0 Å². The summed E-state index contributed by atoms with van der Waals surface area (Å²) < 4.78 is 4.81. The molecule has 0 spiro atoms. The fraction of sp³-hybridized carbons (Fsp3) is 0.323. The van der Waals surface area contributed by atoms with E-state index in [0.29, 0.717) is 6.54 Å². The summed E-state index contributed by atoms with van der Waals surface area (Å²) in [5.41, 5.74) is 2.50. The van der Waals surface area contributed by atoms with Crippen LogP contribution in [0.5, 0.6) is 0 Å². The highest BCUT2D eigenvalue weighted by molar-refractivity contribution is 5.91. The van der Waals surface area contributed by atoms with Gasteiger partial charge in [-0.25, -0.2) is 4.79 Å². The topological polar surface area (TPSA) is 78.7 Å². The minimum Gasteiger partial charge on any atom is -0.467 e. The lowest BCUT2D eigenvalue weighted by Crippen LogP contribution is -2.49. The zero-order valence-corrected chi connectivity index (χ0v) is 22.3. The number of benzene rings is 3. The molecule has 0 radical (unpaired) electrons. The molecule has 0 aromatic heterocycles. The van der Waals surface area contributed by atoms with Crippen LogP contribution in [0.4, 0.5) is 0 Å². The Labute approximate surface area is 224 Å². The summed E-state index contributed by atoms with van der Waals surface area (Å²) in [6.45, 7) is 4.04. The van der Waals surface area contributed by atoms with Crippen LogP contribution >= 0.6 is 0 Å². The van der Waals surface area contributed by atoms with E-state index in [-0.39, 0.29) is 18.4 Å². The summed E-state index contributed by atoms with van der Waals surface area (Å²) in [7, 11) is 2.91. The molecular weight excluding hydrogens is 478 g/mol. The minimum atomic E-state index is -0.768. The van der Waals surface area contributed by atoms with Crippen LogP contribution in [0, 0.1) is 5.92 Å². The third kappa shape index (κ3) is 5.34. The molecule has 0 aliphatic carbocycles. The average molecular weight is 514 g/mol. The molecule has 1 aliphatic rings. The van der Waals surface area contributed by atoms with Gasteiger partial charge in [-0.1, -0.05) is 105 Å². The van der Waals surface area contributed by atoms with Crippen LogP contribution in [-0.4, -0.2) is 66.9 Å². The van der Waals surface area contributed by atoms with Crippen molar-refractivity contribution in [1.29, 1.82) is 0 Å². The first-order valence-corrected chi connectivity index (χ1v) is 12.9. The van der Waals surface area contributed by atoms with Crippen LogP contribution in [0.2, 0.25) is 0 Å². The van der Waals surface area contributed by atoms with Crippen molar-refractivity contribution in [2.75, 3.05) is 27.2 Å². The van der Waals surface area contributed by atoms with Gasteiger partial charge in [0, 0.05) is 13.6 Å². The summed E-state index contributed by atoms with van der Waals surface area (Å²) >= 11 is 0. The third-order valence-electron chi connectivity index (χ3n) is 7.10. The zero-order chi connectivity index (χ0) is 27.3. The second-order valence-corrected chi connectivity index (χ2v) is 9.98. The molecule has 2 amide bonds. The van der Waals surface area contributed by atoms with Crippen molar-refractivity contribution in [3.8, 4) is 0 Å². The molecule has 1 heterocycles. The predicted molar refractivity (Wildman–Crippen MR) is 146 cm³/mol. The number of carbonyl (C=O) groups excluding carboxylic acids is 3. The zero-order valence-electron chi connectivity index (χ0n) is 22.3. The molecule has 1 saturated heterocycles. The first-order chi connectivity index (χ1) is 18.3. The molecular formula is C31H35N3O4. The number of esters is 1. The van der Waals surface area contributed by atoms with Crippen LogP contribution < -0.4 is 5.32 Å². The Hall–Kier alpha value is -3.97. The first kappa shape index (κ1) is 27.1. The second-order valence-electron chi connectivity index (χ2n) is 9.98. The monoisotopic (exact) mass is 513 g/mol. The highest BCUT2D eigenvalue weighted by Gasteiger charge is 2.56. The van der Waals surface area contributed by atoms with Crippen LogP contribution in [-0.2, 0) is 24.7 Å². The van der Waals surface area contributed by atoms with E-state index in [1.165, 1.54) is 12.0 Å². The van der Waals surface area contributed by atoms with E-state index in [4.69, 9.17) is 4.74 Å². The number of hydrogen-bond acceptors (Lipinski definition) is 5. The number of methoxy groups -OCH3 is 1. The Balaban J connectivity index is 1.62. The summed E-state index contributed by atoms with van der Waals surface area (Å²) in [6, 6.07) is 29.4. The van der Waals surface area contributed by atoms with E-state index in [2.05, 4.69) is 46.6 Å². The lowest BCUT2D eigenvalue weighted by molar-refractivity contribution is -0.146. The molecule has 3 aromatic carbocycles. The fourth-order valence-electron chi connectivity index (χ4n) is 5.15. The largest absolute Gasteiger partial charge is 0.467 e. The number of amides is 2. The summed E-state index contributed by atoms with van der Waals surface area (Å²) in [5, 5.41) is 2.71. The molecule has 7 heteroatoms. The average Bonchev–Trinajstić information content (AvgIpc) is 3.74. The minimum absolute atomic E-state index is 0.144. The van der Waals surface area contributed by atoms with Crippen LogP contribution in [0.3, 0.4) is 0 Å². The predicted octanol–water partition coefficient (Wildman–Crippen LogP) is 3.43. The molecule has 0 saturated carbocycles. The Morgan fingerprint density at radius 3 is 1.74 bits per heavy atom. The molecule has 3 aromatic rings. The van der Waals surface area contributed by atoms with Gasteiger partial charge >= 0.3 is 5.97 Å². The Kier molecular flexibility index (Phi) is 8.27. The van der Waals surface area contributed by atoms with Gasteiger partial charge < -0.3 is 15.0 Å². The lowest BCUT2D eigenvalue weighted by atomic mass is 9.76. The van der Waals surface area contributed by atoms with E-state index in [9.17, 15) is 14.4 Å². The number of nitrogens with one attached hydrogen (secondary N) is 1. The quantitative estimate of drug-likeness (QED) is 0.255. The molecule has 3 atom stereocenters. The standard InChI is InChI=1S/C31H35N3O4/c1-22(2)28(30(37)38-4)32-27(35)21-33(3)29(36)26-20-34(26)31(23-14-8-5-9-15-23,24-16-10-6-11-17-24)25-18-12-7-13-19-25/h5-19,22,26,28H,20-21H2,1-4H3,(H,32,35)/t26?,28-,34?/m0/s1. The Morgan fingerprint density at radius 1 is 0.895 bits per heavy atom. The number of nitrogens with zero attached hydrogens (tertiary/aromatic N) is 2. The SMILES string of the molecule is COC(=O)[C@@H](NC(=O)CN(C)C(=O)C1CN1C(c1ccccc1)(c1ccccc1)c1ccccc1)C(C)C. The number of carbonyl (C=O) groups is 3. The fourth-order valence-corrected chi connectivity index (χ4v) is 5.15. The molecule has 2 unspecified atom stereocenters. The van der Waals surface area contributed by atoms with Gasteiger partial charge in [0.15, 0.2) is 0 Å². The van der Waals surface area contributed by atoms with Gasteiger partial charge in [0.25, 0.3) is 0 Å². The van der Waals surface area contributed by atoms with Crippen LogP contribution in [0.1, 0.15) is 30.5 Å². The molecule has 0 bridgehead atoms. The van der Waals surface area contributed by atoms with Gasteiger partial charge in [-0.2, -0.15) is 0 Å². The maximum absolute atomic E-state index is 13.6. The van der Waals surface area contributed by atoms with Gasteiger partial charge in [-0.15, -0.1) is 0 Å². The summed E-state index contributed by atoms with van der Waals surface area (Å²) in [5.74, 6) is -1.20. The van der Waals surface area contributed by atoms with Gasteiger partial charge in [-0.05, 0) is 22.6 Å². The normalized spacial score (nSPS) is 17.4. The molecule has 198 valence electrons. The number of ether oxygens (including phenoxy) is 1. The van der Waals surface area contributed by atoms with Crippen molar-refractivity contribution in [3.05, 3.63) is 108 Å². The summed E-state index contributed by atoms with van der Waals surface area (Å²) in [6.07, 6.45) is 0. The van der Waals surface area contributed by atoms with Crippen molar-refractivity contribution < 1.29 is 19.1 Å². The van der Waals surface area contributed by atoms with E-state index in [1.54, 1.807) is 7.05 Å². The third-order valence-corrected chi connectivity index (χ3v) is 7.10.